The van der Waals surface area contributed by atoms with E-state index in [2.05, 4.69) is 36.2 Å². The summed E-state index contributed by atoms with van der Waals surface area (Å²) in [5.74, 6) is 0.527. The highest BCUT2D eigenvalue weighted by Gasteiger charge is 2.17. The molecule has 5 nitrogen and oxygen atoms in total. The highest BCUT2D eigenvalue weighted by atomic mass is 32.2. The van der Waals surface area contributed by atoms with Crippen LogP contribution in [0.3, 0.4) is 0 Å². The molecule has 0 bridgehead atoms. The Hall–Kier alpha value is -2.60. The zero-order valence-corrected chi connectivity index (χ0v) is 14.4. The van der Waals surface area contributed by atoms with Crippen LogP contribution in [0.5, 0.6) is 0 Å². The SMILES string of the molecule is Cc1ccc(-n2c(SCC(N)=O)nnc2-c2ccccc2)cc1C. The third kappa shape index (κ3) is 3.33. The van der Waals surface area contributed by atoms with Crippen molar-refractivity contribution in [3.8, 4) is 17.1 Å². The lowest BCUT2D eigenvalue weighted by molar-refractivity contribution is -0.115. The normalized spacial score (nSPS) is 10.8. The summed E-state index contributed by atoms with van der Waals surface area (Å²) in [5.41, 5.74) is 9.62. The summed E-state index contributed by atoms with van der Waals surface area (Å²) in [5, 5.41) is 9.24. The summed E-state index contributed by atoms with van der Waals surface area (Å²) in [6.07, 6.45) is 0. The lowest BCUT2D eigenvalue weighted by Gasteiger charge is -2.12. The fraction of sp³-hybridized carbons (Fsp3) is 0.167. The second kappa shape index (κ2) is 6.88. The third-order valence-electron chi connectivity index (χ3n) is 3.76. The molecule has 1 amide bonds. The van der Waals surface area contributed by atoms with Crippen LogP contribution in [-0.2, 0) is 4.79 Å². The zero-order chi connectivity index (χ0) is 17.1. The number of aryl methyl sites for hydroxylation is 2. The molecule has 0 unspecified atom stereocenters. The minimum Gasteiger partial charge on any atom is -0.369 e. The molecule has 0 saturated carbocycles. The first kappa shape index (κ1) is 16.3. The van der Waals surface area contributed by atoms with E-state index in [0.717, 1.165) is 17.1 Å². The first-order valence-electron chi connectivity index (χ1n) is 7.56. The van der Waals surface area contributed by atoms with Crippen LogP contribution in [0.2, 0.25) is 0 Å². The van der Waals surface area contributed by atoms with Crippen molar-refractivity contribution < 1.29 is 4.79 Å². The fourth-order valence-electron chi connectivity index (χ4n) is 2.37. The third-order valence-corrected chi connectivity index (χ3v) is 4.71. The molecule has 0 aliphatic rings. The van der Waals surface area contributed by atoms with Crippen molar-refractivity contribution in [3.05, 3.63) is 59.7 Å². The molecular weight excluding hydrogens is 320 g/mol. The van der Waals surface area contributed by atoms with Crippen LogP contribution < -0.4 is 5.73 Å². The predicted molar refractivity (Wildman–Crippen MR) is 96.2 cm³/mol. The van der Waals surface area contributed by atoms with E-state index >= 15 is 0 Å². The van der Waals surface area contributed by atoms with Gasteiger partial charge in [0.1, 0.15) is 0 Å². The molecule has 0 aliphatic heterocycles. The monoisotopic (exact) mass is 338 g/mol. The van der Waals surface area contributed by atoms with Crippen molar-refractivity contribution in [2.24, 2.45) is 5.73 Å². The Bertz CT molecular complexity index is 874. The Labute approximate surface area is 144 Å². The number of carbonyl (C=O) groups is 1. The summed E-state index contributed by atoms with van der Waals surface area (Å²) >= 11 is 1.29. The van der Waals surface area contributed by atoms with Crippen molar-refractivity contribution in [1.82, 2.24) is 14.8 Å². The molecule has 1 heterocycles. The highest BCUT2D eigenvalue weighted by molar-refractivity contribution is 7.99. The number of primary amides is 1. The van der Waals surface area contributed by atoms with Gasteiger partial charge in [0.15, 0.2) is 11.0 Å². The molecule has 3 aromatic rings. The average molecular weight is 338 g/mol. The van der Waals surface area contributed by atoms with Gasteiger partial charge in [0.25, 0.3) is 0 Å². The summed E-state index contributed by atoms with van der Waals surface area (Å²) < 4.78 is 1.97. The summed E-state index contributed by atoms with van der Waals surface area (Å²) in [6.45, 7) is 4.15. The lowest BCUT2D eigenvalue weighted by atomic mass is 10.1. The van der Waals surface area contributed by atoms with Crippen molar-refractivity contribution in [3.63, 3.8) is 0 Å². The Kier molecular flexibility index (Phi) is 4.66. The second-order valence-corrected chi connectivity index (χ2v) is 6.47. The number of carbonyl (C=O) groups excluding carboxylic acids is 1. The molecule has 2 aromatic carbocycles. The van der Waals surface area contributed by atoms with Gasteiger partial charge in [-0.3, -0.25) is 9.36 Å². The van der Waals surface area contributed by atoms with Crippen molar-refractivity contribution in [1.29, 1.82) is 0 Å². The fourth-order valence-corrected chi connectivity index (χ4v) is 3.06. The first-order valence-corrected chi connectivity index (χ1v) is 8.54. The lowest BCUT2D eigenvalue weighted by Crippen LogP contribution is -2.13. The van der Waals surface area contributed by atoms with Gasteiger partial charge in [-0.2, -0.15) is 0 Å². The van der Waals surface area contributed by atoms with Gasteiger partial charge in [-0.05, 0) is 37.1 Å². The highest BCUT2D eigenvalue weighted by Crippen LogP contribution is 2.28. The first-order chi connectivity index (χ1) is 11.6. The maximum Gasteiger partial charge on any atom is 0.227 e. The van der Waals surface area contributed by atoms with Gasteiger partial charge in [0, 0.05) is 5.56 Å². The van der Waals surface area contributed by atoms with Crippen molar-refractivity contribution in [2.75, 3.05) is 5.75 Å². The molecule has 0 fully saturated rings. The molecule has 6 heteroatoms. The van der Waals surface area contributed by atoms with Gasteiger partial charge in [0.05, 0.1) is 11.4 Å². The van der Waals surface area contributed by atoms with E-state index in [1.54, 1.807) is 0 Å². The molecule has 122 valence electrons. The Morgan fingerprint density at radius 1 is 1.08 bits per heavy atom. The standard InChI is InChI=1S/C18H18N4OS/c1-12-8-9-15(10-13(12)2)22-17(14-6-4-3-5-7-14)20-21-18(22)24-11-16(19)23/h3-10H,11H2,1-2H3,(H2,19,23). The van der Waals surface area contributed by atoms with Gasteiger partial charge in [-0.25, -0.2) is 0 Å². The van der Waals surface area contributed by atoms with Gasteiger partial charge in [0.2, 0.25) is 5.91 Å². The van der Waals surface area contributed by atoms with Crippen molar-refractivity contribution in [2.45, 2.75) is 19.0 Å². The van der Waals surface area contributed by atoms with E-state index in [0.29, 0.717) is 5.16 Å². The van der Waals surface area contributed by atoms with Crippen LogP contribution in [0.1, 0.15) is 11.1 Å². The largest absolute Gasteiger partial charge is 0.369 e. The molecule has 0 spiro atoms. The van der Waals surface area contributed by atoms with Gasteiger partial charge in [-0.1, -0.05) is 48.2 Å². The summed E-state index contributed by atoms with van der Waals surface area (Å²) in [7, 11) is 0. The van der Waals surface area contributed by atoms with E-state index in [1.807, 2.05) is 41.0 Å². The predicted octanol–water partition coefficient (Wildman–Crippen LogP) is 3.13. The molecule has 0 saturated heterocycles. The number of rotatable bonds is 5. The van der Waals surface area contributed by atoms with Gasteiger partial charge < -0.3 is 5.73 Å². The van der Waals surface area contributed by atoms with Crippen LogP contribution in [-0.4, -0.2) is 26.4 Å². The maximum absolute atomic E-state index is 11.1. The number of hydrogen-bond acceptors (Lipinski definition) is 4. The maximum atomic E-state index is 11.1. The molecule has 0 aliphatic carbocycles. The minimum atomic E-state index is -0.379. The molecule has 0 radical (unpaired) electrons. The van der Waals surface area contributed by atoms with Crippen molar-refractivity contribution >= 4 is 17.7 Å². The van der Waals surface area contributed by atoms with Gasteiger partial charge >= 0.3 is 0 Å². The minimum absolute atomic E-state index is 0.164. The molecule has 1 aromatic heterocycles. The van der Waals surface area contributed by atoms with Crippen LogP contribution in [0, 0.1) is 13.8 Å². The number of hydrogen-bond donors (Lipinski definition) is 1. The van der Waals surface area contributed by atoms with Gasteiger partial charge in [-0.15, -0.1) is 10.2 Å². The molecule has 0 atom stereocenters. The zero-order valence-electron chi connectivity index (χ0n) is 13.6. The molecule has 24 heavy (non-hydrogen) atoms. The Morgan fingerprint density at radius 3 is 2.50 bits per heavy atom. The van der Waals surface area contributed by atoms with Crippen LogP contribution in [0.25, 0.3) is 17.1 Å². The molecule has 2 N–H and O–H groups in total. The topological polar surface area (TPSA) is 73.8 Å². The van der Waals surface area contributed by atoms with E-state index < -0.39 is 0 Å². The van der Waals surface area contributed by atoms with Crippen LogP contribution in [0.15, 0.2) is 53.7 Å². The quantitative estimate of drug-likeness (QED) is 0.725. The smallest absolute Gasteiger partial charge is 0.227 e. The molecular formula is C18H18N4OS. The summed E-state index contributed by atoms with van der Waals surface area (Å²) in [6, 6.07) is 16.1. The molecule has 3 rings (SSSR count). The van der Waals surface area contributed by atoms with E-state index in [-0.39, 0.29) is 11.7 Å². The number of aromatic nitrogens is 3. The Morgan fingerprint density at radius 2 is 1.83 bits per heavy atom. The summed E-state index contributed by atoms with van der Waals surface area (Å²) in [4.78, 5) is 11.1. The van der Waals surface area contributed by atoms with Crippen LogP contribution >= 0.6 is 11.8 Å². The number of amides is 1. The van der Waals surface area contributed by atoms with Crippen LogP contribution in [0.4, 0.5) is 0 Å². The number of nitrogens with zero attached hydrogens (tertiary/aromatic N) is 3. The number of nitrogens with two attached hydrogens (primary N) is 1. The number of thioether (sulfide) groups is 1. The number of benzene rings is 2. The van der Waals surface area contributed by atoms with E-state index in [1.165, 1.54) is 22.9 Å². The van der Waals surface area contributed by atoms with E-state index in [4.69, 9.17) is 5.73 Å². The second-order valence-electron chi connectivity index (χ2n) is 5.53. The Balaban J connectivity index is 2.13. The average Bonchev–Trinajstić information content (AvgIpc) is 3.00. The van der Waals surface area contributed by atoms with E-state index in [9.17, 15) is 4.79 Å².